The lowest BCUT2D eigenvalue weighted by Crippen LogP contribution is -2.54. The molecular formula is C18H23BrN6O2. The van der Waals surface area contributed by atoms with E-state index in [1.54, 1.807) is 6.20 Å². The molecule has 1 fully saturated rings. The van der Waals surface area contributed by atoms with Gasteiger partial charge in [-0.15, -0.1) is 0 Å². The van der Waals surface area contributed by atoms with E-state index in [0.29, 0.717) is 35.8 Å². The molecule has 0 bridgehead atoms. The first-order valence-electron chi connectivity index (χ1n) is 8.81. The van der Waals surface area contributed by atoms with E-state index >= 15 is 0 Å². The molecule has 3 rings (SSSR count). The number of nitrogens with zero attached hydrogens (tertiary/aromatic N) is 4. The summed E-state index contributed by atoms with van der Waals surface area (Å²) in [6.07, 6.45) is 2.80. The predicted molar refractivity (Wildman–Crippen MR) is 106 cm³/mol. The first kappa shape index (κ1) is 19.4. The molecule has 2 N–H and O–H groups in total. The lowest BCUT2D eigenvalue weighted by molar-refractivity contribution is 0.0448. The number of anilines is 1. The molecule has 3 heterocycles. The van der Waals surface area contributed by atoms with Gasteiger partial charge in [-0.05, 0) is 56.5 Å². The fourth-order valence-electron chi connectivity index (χ4n) is 3.08. The second-order valence-corrected chi connectivity index (χ2v) is 8.87. The number of alkyl carbamates (subject to hydrolysis) is 1. The highest BCUT2D eigenvalue weighted by Crippen LogP contribution is 2.29. The highest BCUT2D eigenvalue weighted by molar-refractivity contribution is 9.10. The number of ether oxygens (including phenoxy) is 1. The summed E-state index contributed by atoms with van der Waals surface area (Å²) < 4.78 is 6.14. The molecule has 27 heavy (non-hydrogen) atoms. The molecule has 1 aliphatic rings. The monoisotopic (exact) mass is 434 g/mol. The van der Waals surface area contributed by atoms with Crippen molar-refractivity contribution in [1.82, 2.24) is 20.3 Å². The van der Waals surface area contributed by atoms with Gasteiger partial charge in [0.1, 0.15) is 17.3 Å². The van der Waals surface area contributed by atoms with E-state index in [1.807, 2.05) is 32.6 Å². The lowest BCUT2D eigenvalue weighted by Gasteiger charge is -2.40. The minimum Gasteiger partial charge on any atom is -0.444 e. The van der Waals surface area contributed by atoms with Crippen molar-refractivity contribution in [3.63, 3.8) is 0 Å². The molecule has 0 saturated carbocycles. The molecule has 0 radical (unpaired) electrons. The maximum Gasteiger partial charge on any atom is 0.408 e. The number of halogens is 1. The van der Waals surface area contributed by atoms with E-state index in [4.69, 9.17) is 4.74 Å². The first-order valence-corrected chi connectivity index (χ1v) is 9.60. The van der Waals surface area contributed by atoms with Crippen LogP contribution in [0.1, 0.15) is 46.2 Å². The van der Waals surface area contributed by atoms with Crippen molar-refractivity contribution in [2.75, 3.05) is 18.0 Å². The highest BCUT2D eigenvalue weighted by Gasteiger charge is 2.34. The number of hydrogen-bond donors (Lipinski definition) is 2. The van der Waals surface area contributed by atoms with Crippen molar-refractivity contribution in [3.05, 3.63) is 16.4 Å². The van der Waals surface area contributed by atoms with Crippen molar-refractivity contribution in [2.24, 2.45) is 0 Å². The molecule has 0 aliphatic carbocycles. The second-order valence-electron chi connectivity index (χ2n) is 8.02. The summed E-state index contributed by atoms with van der Waals surface area (Å²) in [7, 11) is 0. The SMILES string of the molecule is CC1(NC(=O)OC(C)(C)C)CCN(c2nc(C#N)c3c(Br)c[nH]c3n2)CC1. The summed E-state index contributed by atoms with van der Waals surface area (Å²) >= 11 is 3.41. The van der Waals surface area contributed by atoms with Gasteiger partial charge in [0.05, 0.1) is 5.39 Å². The summed E-state index contributed by atoms with van der Waals surface area (Å²) in [4.78, 5) is 26.2. The molecule has 144 valence electrons. The van der Waals surface area contributed by atoms with E-state index in [2.05, 4.69) is 42.3 Å². The van der Waals surface area contributed by atoms with Crippen LogP contribution in [0.15, 0.2) is 10.7 Å². The molecule has 0 unspecified atom stereocenters. The molecule has 1 aliphatic heterocycles. The normalized spacial score (nSPS) is 16.8. The largest absolute Gasteiger partial charge is 0.444 e. The van der Waals surface area contributed by atoms with Gasteiger partial charge in [-0.2, -0.15) is 10.2 Å². The fraction of sp³-hybridized carbons (Fsp3) is 0.556. The Labute approximate surface area is 166 Å². The fourth-order valence-corrected chi connectivity index (χ4v) is 3.57. The molecule has 8 nitrogen and oxygen atoms in total. The molecule has 9 heteroatoms. The Balaban J connectivity index is 1.71. The van der Waals surface area contributed by atoms with Crippen molar-refractivity contribution < 1.29 is 9.53 Å². The number of hydrogen-bond acceptors (Lipinski definition) is 6. The van der Waals surface area contributed by atoms with E-state index < -0.39 is 11.7 Å². The van der Waals surface area contributed by atoms with Crippen molar-refractivity contribution in [2.45, 2.75) is 51.7 Å². The third kappa shape index (κ3) is 4.33. The number of aromatic amines is 1. The summed E-state index contributed by atoms with van der Waals surface area (Å²) in [5, 5.41) is 13.1. The summed E-state index contributed by atoms with van der Waals surface area (Å²) in [5.74, 6) is 0.521. The molecule has 1 amide bonds. The number of rotatable bonds is 2. The van der Waals surface area contributed by atoms with Crippen LogP contribution >= 0.6 is 15.9 Å². The summed E-state index contributed by atoms with van der Waals surface area (Å²) in [6.45, 7) is 8.89. The third-order valence-electron chi connectivity index (χ3n) is 4.53. The quantitative estimate of drug-likeness (QED) is 0.748. The molecular weight excluding hydrogens is 412 g/mol. The first-order chi connectivity index (χ1) is 12.6. The molecule has 0 spiro atoms. The van der Waals surface area contributed by atoms with Gasteiger partial charge in [0.2, 0.25) is 5.95 Å². The van der Waals surface area contributed by atoms with Gasteiger partial charge in [-0.1, -0.05) is 0 Å². The zero-order valence-electron chi connectivity index (χ0n) is 15.9. The van der Waals surface area contributed by atoms with Crippen LogP contribution in [0.4, 0.5) is 10.7 Å². The van der Waals surface area contributed by atoms with Crippen LogP contribution < -0.4 is 10.2 Å². The van der Waals surface area contributed by atoms with Gasteiger partial charge < -0.3 is 19.9 Å². The van der Waals surface area contributed by atoms with Gasteiger partial charge in [0, 0.05) is 29.3 Å². The number of carbonyl (C=O) groups is 1. The van der Waals surface area contributed by atoms with Crippen LogP contribution in [0.2, 0.25) is 0 Å². The van der Waals surface area contributed by atoms with Gasteiger partial charge in [-0.3, -0.25) is 0 Å². The smallest absolute Gasteiger partial charge is 0.408 e. The van der Waals surface area contributed by atoms with Crippen molar-refractivity contribution in [3.8, 4) is 6.07 Å². The Morgan fingerprint density at radius 3 is 2.67 bits per heavy atom. The molecule has 2 aromatic rings. The van der Waals surface area contributed by atoms with Crippen LogP contribution in [0.25, 0.3) is 11.0 Å². The number of amides is 1. The van der Waals surface area contributed by atoms with Crippen molar-refractivity contribution in [1.29, 1.82) is 5.26 Å². The number of fused-ring (bicyclic) bond motifs is 1. The number of carbonyl (C=O) groups excluding carboxylic acids is 1. The van der Waals surface area contributed by atoms with E-state index in [9.17, 15) is 10.1 Å². The zero-order valence-corrected chi connectivity index (χ0v) is 17.5. The average Bonchev–Trinajstić information content (AvgIpc) is 2.94. The average molecular weight is 435 g/mol. The number of aromatic nitrogens is 3. The predicted octanol–water partition coefficient (Wildman–Crippen LogP) is 3.48. The van der Waals surface area contributed by atoms with E-state index in [1.165, 1.54) is 0 Å². The molecule has 1 saturated heterocycles. The standard InChI is InChI=1S/C18H23BrN6O2/c1-17(2,3)27-16(26)24-18(4)5-7-25(8-6-18)15-22-12(9-20)13-11(19)10-21-14(13)23-15/h10H,5-8H2,1-4H3,(H,24,26)(H,21,22,23). The zero-order chi connectivity index (χ0) is 19.8. The number of H-pyrrole nitrogens is 1. The van der Waals surface area contributed by atoms with Crippen LogP contribution in [0.5, 0.6) is 0 Å². The Kier molecular flexibility index (Phi) is 5.04. The van der Waals surface area contributed by atoms with Gasteiger partial charge in [0.15, 0.2) is 5.69 Å². The summed E-state index contributed by atoms with van der Waals surface area (Å²) in [6, 6.07) is 2.14. The van der Waals surface area contributed by atoms with Crippen LogP contribution in [-0.4, -0.2) is 45.3 Å². The Morgan fingerprint density at radius 1 is 1.41 bits per heavy atom. The number of piperidine rings is 1. The van der Waals surface area contributed by atoms with Gasteiger partial charge in [-0.25, -0.2) is 9.78 Å². The third-order valence-corrected chi connectivity index (χ3v) is 5.16. The van der Waals surface area contributed by atoms with Crippen molar-refractivity contribution >= 4 is 39.0 Å². The van der Waals surface area contributed by atoms with Crippen LogP contribution in [-0.2, 0) is 4.74 Å². The number of nitriles is 1. The minimum absolute atomic E-state index is 0.336. The Bertz CT molecular complexity index is 903. The highest BCUT2D eigenvalue weighted by atomic mass is 79.9. The molecule has 2 aromatic heterocycles. The van der Waals surface area contributed by atoms with Crippen LogP contribution in [0, 0.1) is 11.3 Å². The topological polar surface area (TPSA) is 107 Å². The molecule has 0 aromatic carbocycles. The van der Waals surface area contributed by atoms with Crippen LogP contribution in [0.3, 0.4) is 0 Å². The Hall–Kier alpha value is -2.34. The van der Waals surface area contributed by atoms with Gasteiger partial charge >= 0.3 is 6.09 Å². The minimum atomic E-state index is -0.525. The second kappa shape index (κ2) is 7.00. The Morgan fingerprint density at radius 2 is 2.07 bits per heavy atom. The lowest BCUT2D eigenvalue weighted by atomic mass is 9.90. The van der Waals surface area contributed by atoms with Gasteiger partial charge in [0.25, 0.3) is 0 Å². The maximum atomic E-state index is 12.1. The van der Waals surface area contributed by atoms with E-state index in [-0.39, 0.29) is 5.54 Å². The summed E-state index contributed by atoms with van der Waals surface area (Å²) in [5.41, 5.74) is 0.0887. The molecule has 0 atom stereocenters. The number of nitrogens with one attached hydrogen (secondary N) is 2. The van der Waals surface area contributed by atoms with E-state index in [0.717, 1.165) is 17.3 Å². The maximum absolute atomic E-state index is 12.1.